The number of nitrogens with zero attached hydrogens (tertiary/aromatic N) is 2. The number of para-hydroxylation sites is 1. The Kier molecular flexibility index (Phi) is 4.91. The Hall–Kier alpha value is -2.70. The number of carbonyl (C=O) groups is 1. The molecule has 0 saturated heterocycles. The Morgan fingerprint density at radius 1 is 1.00 bits per heavy atom. The molecule has 2 heterocycles. The number of carbonyl (C=O) groups excluding carboxylic acids is 1. The van der Waals surface area contributed by atoms with Crippen LogP contribution in [-0.2, 0) is 0 Å². The van der Waals surface area contributed by atoms with Gasteiger partial charge in [-0.15, -0.1) is 22.7 Å². The predicted octanol–water partition coefficient (Wildman–Crippen LogP) is 5.96. The summed E-state index contributed by atoms with van der Waals surface area (Å²) in [6.45, 7) is 4.17. The smallest absolute Gasteiger partial charge is 0.256 e. The average molecular weight is 408 g/mol. The fraction of sp³-hybridized carbons (Fsp3) is 0.182. The van der Waals surface area contributed by atoms with E-state index in [0.717, 1.165) is 31.5 Å². The van der Waals surface area contributed by atoms with E-state index in [-0.39, 0.29) is 5.91 Å². The second-order valence-electron chi connectivity index (χ2n) is 6.87. The van der Waals surface area contributed by atoms with Gasteiger partial charge in [-0.25, -0.2) is 4.98 Å². The Balaban J connectivity index is 1.68. The maximum Gasteiger partial charge on any atom is 0.256 e. The van der Waals surface area contributed by atoms with Crippen LogP contribution < -0.4 is 10.2 Å². The molecule has 4 nitrogen and oxygen atoms in total. The third kappa shape index (κ3) is 3.41. The van der Waals surface area contributed by atoms with E-state index in [2.05, 4.69) is 25.2 Å². The molecule has 0 spiro atoms. The van der Waals surface area contributed by atoms with Crippen LogP contribution in [0.25, 0.3) is 20.8 Å². The first-order chi connectivity index (χ1) is 13.4. The Labute approximate surface area is 172 Å². The molecule has 0 fully saturated rings. The maximum atomic E-state index is 12.8. The van der Waals surface area contributed by atoms with Crippen molar-refractivity contribution in [3.05, 3.63) is 64.5 Å². The predicted molar refractivity (Wildman–Crippen MR) is 121 cm³/mol. The van der Waals surface area contributed by atoms with Crippen molar-refractivity contribution >= 4 is 49.5 Å². The topological polar surface area (TPSA) is 45.2 Å². The van der Waals surface area contributed by atoms with Crippen molar-refractivity contribution in [2.24, 2.45) is 0 Å². The van der Waals surface area contributed by atoms with Gasteiger partial charge in [0.2, 0.25) is 0 Å². The van der Waals surface area contributed by atoms with Crippen molar-refractivity contribution in [1.82, 2.24) is 4.98 Å². The highest BCUT2D eigenvalue weighted by Crippen LogP contribution is 2.43. The summed E-state index contributed by atoms with van der Waals surface area (Å²) >= 11 is 3.26. The maximum absolute atomic E-state index is 12.8. The van der Waals surface area contributed by atoms with Crippen LogP contribution in [0, 0.1) is 13.8 Å². The molecule has 1 amide bonds. The highest BCUT2D eigenvalue weighted by atomic mass is 32.1. The van der Waals surface area contributed by atoms with Gasteiger partial charge in [-0.2, -0.15) is 0 Å². The lowest BCUT2D eigenvalue weighted by molar-refractivity contribution is 0.102. The van der Waals surface area contributed by atoms with E-state index in [1.165, 1.54) is 10.4 Å². The van der Waals surface area contributed by atoms with E-state index in [1.54, 1.807) is 22.7 Å². The summed E-state index contributed by atoms with van der Waals surface area (Å²) in [7, 11) is 3.97. The van der Waals surface area contributed by atoms with E-state index in [4.69, 9.17) is 4.98 Å². The highest BCUT2D eigenvalue weighted by Gasteiger charge is 2.20. The van der Waals surface area contributed by atoms with E-state index < -0.39 is 0 Å². The molecular weight excluding hydrogens is 386 g/mol. The summed E-state index contributed by atoms with van der Waals surface area (Å²) in [4.78, 5) is 20.8. The lowest BCUT2D eigenvalue weighted by Crippen LogP contribution is -2.13. The zero-order valence-corrected chi connectivity index (χ0v) is 17.9. The van der Waals surface area contributed by atoms with Gasteiger partial charge < -0.3 is 10.2 Å². The molecule has 0 aliphatic heterocycles. The van der Waals surface area contributed by atoms with Crippen LogP contribution in [0.4, 0.5) is 10.7 Å². The zero-order chi connectivity index (χ0) is 19.8. The van der Waals surface area contributed by atoms with E-state index in [0.29, 0.717) is 5.56 Å². The summed E-state index contributed by atoms with van der Waals surface area (Å²) < 4.78 is 1.15. The van der Waals surface area contributed by atoms with Crippen molar-refractivity contribution in [2.75, 3.05) is 24.3 Å². The number of hydrogen-bond acceptors (Lipinski definition) is 5. The lowest BCUT2D eigenvalue weighted by atomic mass is 10.1. The first-order valence-electron chi connectivity index (χ1n) is 8.98. The average Bonchev–Trinajstić information content (AvgIpc) is 3.22. The lowest BCUT2D eigenvalue weighted by Gasteiger charge is -2.12. The number of aryl methyl sites for hydroxylation is 1. The van der Waals surface area contributed by atoms with Gasteiger partial charge in [-0.05, 0) is 55.8 Å². The summed E-state index contributed by atoms with van der Waals surface area (Å²) in [5, 5.41) is 4.92. The van der Waals surface area contributed by atoms with Crippen molar-refractivity contribution < 1.29 is 4.79 Å². The summed E-state index contributed by atoms with van der Waals surface area (Å²) in [6.07, 6.45) is 0. The molecule has 4 aromatic rings. The molecule has 0 radical (unpaired) electrons. The SMILES string of the molecule is Cc1sc(NC(=O)c2ccc(N(C)C)cc2)c(-c2nc3ccccc3s2)c1C. The van der Waals surface area contributed by atoms with Gasteiger partial charge in [0.05, 0.1) is 10.2 Å². The minimum Gasteiger partial charge on any atom is -0.378 e. The number of nitrogens with one attached hydrogen (secondary N) is 1. The molecule has 1 N–H and O–H groups in total. The van der Waals surface area contributed by atoms with Crippen LogP contribution in [0.5, 0.6) is 0 Å². The largest absolute Gasteiger partial charge is 0.378 e. The van der Waals surface area contributed by atoms with Gasteiger partial charge in [0.1, 0.15) is 10.0 Å². The van der Waals surface area contributed by atoms with Gasteiger partial charge >= 0.3 is 0 Å². The van der Waals surface area contributed by atoms with E-state index in [9.17, 15) is 4.79 Å². The molecule has 28 heavy (non-hydrogen) atoms. The van der Waals surface area contributed by atoms with Crippen LogP contribution in [-0.4, -0.2) is 25.0 Å². The Bertz CT molecular complexity index is 1120. The number of thiazole rings is 1. The number of hydrogen-bond donors (Lipinski definition) is 1. The van der Waals surface area contributed by atoms with Gasteiger partial charge in [0, 0.05) is 35.8 Å². The number of rotatable bonds is 4. The summed E-state index contributed by atoms with van der Waals surface area (Å²) in [5.74, 6) is -0.103. The number of aromatic nitrogens is 1. The minimum absolute atomic E-state index is 0.103. The molecule has 0 atom stereocenters. The molecule has 0 unspecified atom stereocenters. The number of thiophene rings is 1. The van der Waals surface area contributed by atoms with Crippen molar-refractivity contribution in [3.8, 4) is 10.6 Å². The molecule has 2 aromatic carbocycles. The van der Waals surface area contributed by atoms with Crippen LogP contribution in [0.15, 0.2) is 48.5 Å². The number of fused-ring (bicyclic) bond motifs is 1. The van der Waals surface area contributed by atoms with Crippen LogP contribution in [0.1, 0.15) is 20.8 Å². The first kappa shape index (κ1) is 18.7. The van der Waals surface area contributed by atoms with Crippen LogP contribution >= 0.6 is 22.7 Å². The third-order valence-electron chi connectivity index (χ3n) is 4.77. The first-order valence-corrected chi connectivity index (χ1v) is 10.6. The molecule has 0 aliphatic carbocycles. The summed E-state index contributed by atoms with van der Waals surface area (Å²) in [6, 6.07) is 15.7. The fourth-order valence-electron chi connectivity index (χ4n) is 3.04. The molecule has 0 aliphatic rings. The number of amides is 1. The van der Waals surface area contributed by atoms with E-state index >= 15 is 0 Å². The van der Waals surface area contributed by atoms with Gasteiger partial charge in [-0.3, -0.25) is 4.79 Å². The van der Waals surface area contributed by atoms with E-state index in [1.807, 2.05) is 61.5 Å². The molecule has 6 heteroatoms. The standard InChI is InChI=1S/C22H21N3OS2/c1-13-14(2)27-22(19(13)21-23-17-7-5-6-8-18(17)28-21)24-20(26)15-9-11-16(12-10-15)25(3)4/h5-12H,1-4H3,(H,24,26). The quantitative estimate of drug-likeness (QED) is 0.454. The fourth-order valence-corrected chi connectivity index (χ4v) is 5.23. The van der Waals surface area contributed by atoms with Crippen molar-refractivity contribution in [1.29, 1.82) is 0 Å². The second-order valence-corrected chi connectivity index (χ2v) is 9.12. The Morgan fingerprint density at radius 2 is 1.71 bits per heavy atom. The highest BCUT2D eigenvalue weighted by molar-refractivity contribution is 7.22. The summed E-state index contributed by atoms with van der Waals surface area (Å²) in [5.41, 5.74) is 4.89. The second kappa shape index (κ2) is 7.37. The van der Waals surface area contributed by atoms with Crippen LogP contribution in [0.3, 0.4) is 0 Å². The van der Waals surface area contributed by atoms with Crippen molar-refractivity contribution in [2.45, 2.75) is 13.8 Å². The zero-order valence-electron chi connectivity index (χ0n) is 16.2. The van der Waals surface area contributed by atoms with Gasteiger partial charge in [-0.1, -0.05) is 12.1 Å². The molecule has 4 rings (SSSR count). The number of benzene rings is 2. The molecular formula is C22H21N3OS2. The minimum atomic E-state index is -0.103. The monoisotopic (exact) mass is 407 g/mol. The Morgan fingerprint density at radius 3 is 2.39 bits per heavy atom. The molecule has 2 aromatic heterocycles. The van der Waals surface area contributed by atoms with Crippen molar-refractivity contribution in [3.63, 3.8) is 0 Å². The third-order valence-corrected chi connectivity index (χ3v) is 6.94. The van der Waals surface area contributed by atoms with Crippen LogP contribution in [0.2, 0.25) is 0 Å². The molecule has 0 bridgehead atoms. The molecule has 0 saturated carbocycles. The van der Waals surface area contributed by atoms with Gasteiger partial charge in [0.15, 0.2) is 0 Å². The normalized spacial score (nSPS) is 11.0. The molecule has 142 valence electrons. The number of anilines is 2. The van der Waals surface area contributed by atoms with Gasteiger partial charge in [0.25, 0.3) is 5.91 Å².